The van der Waals surface area contributed by atoms with Crippen molar-refractivity contribution in [1.29, 1.82) is 0 Å². The summed E-state index contributed by atoms with van der Waals surface area (Å²) >= 11 is 5.43. The number of pyridine rings is 1. The van der Waals surface area contributed by atoms with Crippen molar-refractivity contribution in [3.8, 4) is 5.75 Å². The maximum atomic E-state index is 11.2. The summed E-state index contributed by atoms with van der Waals surface area (Å²) < 4.78 is 5.20. The van der Waals surface area contributed by atoms with Gasteiger partial charge in [0.2, 0.25) is 0 Å². The summed E-state index contributed by atoms with van der Waals surface area (Å²) in [5, 5.41) is 1.01. The quantitative estimate of drug-likeness (QED) is 0.689. The first-order valence-corrected chi connectivity index (χ1v) is 8.57. The van der Waals surface area contributed by atoms with E-state index in [1.165, 1.54) is 5.56 Å². The summed E-state index contributed by atoms with van der Waals surface area (Å²) in [5.74, 6) is 1.21. The van der Waals surface area contributed by atoms with Crippen molar-refractivity contribution in [3.05, 3.63) is 35.0 Å². The van der Waals surface area contributed by atoms with Gasteiger partial charge in [-0.15, -0.1) is 0 Å². The standard InChI is InChI=1S/C19H25ClN2O2/c1-11(2)13-9-14-15(10-22(5)6)17(24-19(20)23)8-7-16(14)21-18(13)12(3)4/h7-9,11-12H,10H2,1-6H3. The molecule has 4 nitrogen and oxygen atoms in total. The lowest BCUT2D eigenvalue weighted by atomic mass is 9.92. The van der Waals surface area contributed by atoms with E-state index in [4.69, 9.17) is 21.3 Å². The fourth-order valence-corrected chi connectivity index (χ4v) is 2.98. The molecular formula is C19H25ClN2O2. The Hall–Kier alpha value is -1.65. The van der Waals surface area contributed by atoms with E-state index in [1.807, 2.05) is 25.1 Å². The molecule has 0 bridgehead atoms. The van der Waals surface area contributed by atoms with Crippen LogP contribution in [-0.4, -0.2) is 29.4 Å². The number of ether oxygens (including phenoxy) is 1. The summed E-state index contributed by atoms with van der Waals surface area (Å²) in [6, 6.07) is 5.85. The molecule has 0 amide bonds. The average molecular weight is 349 g/mol. The van der Waals surface area contributed by atoms with Crippen molar-refractivity contribution in [3.63, 3.8) is 0 Å². The molecule has 2 aromatic rings. The van der Waals surface area contributed by atoms with E-state index in [0.29, 0.717) is 24.1 Å². The number of fused-ring (bicyclic) bond motifs is 1. The average Bonchev–Trinajstić information content (AvgIpc) is 2.47. The fourth-order valence-electron chi connectivity index (χ4n) is 2.90. The first-order chi connectivity index (χ1) is 11.2. The Balaban J connectivity index is 2.76. The smallest absolute Gasteiger partial charge is 0.409 e. The molecule has 0 unspecified atom stereocenters. The number of rotatable bonds is 5. The van der Waals surface area contributed by atoms with Crippen LogP contribution in [0.15, 0.2) is 18.2 Å². The number of carbonyl (C=O) groups is 1. The van der Waals surface area contributed by atoms with E-state index in [9.17, 15) is 4.79 Å². The van der Waals surface area contributed by atoms with Gasteiger partial charge in [0.25, 0.3) is 0 Å². The van der Waals surface area contributed by atoms with Crippen LogP contribution in [0.2, 0.25) is 0 Å². The van der Waals surface area contributed by atoms with Gasteiger partial charge in [0, 0.05) is 34.8 Å². The van der Waals surface area contributed by atoms with Crippen LogP contribution in [0.3, 0.4) is 0 Å². The Morgan fingerprint density at radius 2 is 1.88 bits per heavy atom. The second kappa shape index (κ2) is 7.49. The largest absolute Gasteiger partial charge is 0.414 e. The molecule has 1 aromatic carbocycles. The van der Waals surface area contributed by atoms with Gasteiger partial charge in [-0.25, -0.2) is 4.79 Å². The van der Waals surface area contributed by atoms with Crippen LogP contribution in [0.25, 0.3) is 10.9 Å². The van der Waals surface area contributed by atoms with Crippen molar-refractivity contribution in [2.75, 3.05) is 14.1 Å². The maximum absolute atomic E-state index is 11.2. The highest BCUT2D eigenvalue weighted by Gasteiger charge is 2.18. The van der Waals surface area contributed by atoms with Crippen molar-refractivity contribution in [1.82, 2.24) is 9.88 Å². The van der Waals surface area contributed by atoms with E-state index in [-0.39, 0.29) is 0 Å². The van der Waals surface area contributed by atoms with Crippen LogP contribution >= 0.6 is 11.6 Å². The monoisotopic (exact) mass is 348 g/mol. The molecule has 0 N–H and O–H groups in total. The zero-order valence-corrected chi connectivity index (χ0v) is 15.9. The van der Waals surface area contributed by atoms with Gasteiger partial charge in [-0.05, 0) is 49.7 Å². The molecule has 0 spiro atoms. The first-order valence-electron chi connectivity index (χ1n) is 8.19. The van der Waals surface area contributed by atoms with E-state index in [2.05, 4.69) is 33.8 Å². The van der Waals surface area contributed by atoms with Crippen LogP contribution < -0.4 is 4.74 Å². The second-order valence-corrected chi connectivity index (χ2v) is 7.27. The van der Waals surface area contributed by atoms with Crippen molar-refractivity contribution >= 4 is 27.9 Å². The lowest BCUT2D eigenvalue weighted by molar-refractivity contribution is 0.225. The van der Waals surface area contributed by atoms with Gasteiger partial charge in [-0.2, -0.15) is 0 Å². The van der Waals surface area contributed by atoms with Gasteiger partial charge in [-0.1, -0.05) is 27.7 Å². The molecule has 0 saturated heterocycles. The highest BCUT2D eigenvalue weighted by atomic mass is 35.5. The van der Waals surface area contributed by atoms with Crippen LogP contribution in [0.4, 0.5) is 4.79 Å². The highest BCUT2D eigenvalue weighted by Crippen LogP contribution is 2.34. The summed E-state index contributed by atoms with van der Waals surface area (Å²) in [5.41, 5.74) is 3.36. The van der Waals surface area contributed by atoms with Gasteiger partial charge in [0.15, 0.2) is 0 Å². The summed E-state index contributed by atoms with van der Waals surface area (Å²) in [4.78, 5) is 18.1. The molecule has 0 saturated carbocycles. The van der Waals surface area contributed by atoms with Crippen LogP contribution in [-0.2, 0) is 6.54 Å². The van der Waals surface area contributed by atoms with Crippen molar-refractivity contribution in [2.24, 2.45) is 0 Å². The normalized spacial score (nSPS) is 11.8. The Labute approximate surface area is 148 Å². The van der Waals surface area contributed by atoms with Crippen molar-refractivity contribution in [2.45, 2.75) is 46.1 Å². The van der Waals surface area contributed by atoms with E-state index >= 15 is 0 Å². The molecule has 0 aliphatic carbocycles. The van der Waals surface area contributed by atoms with E-state index < -0.39 is 5.43 Å². The van der Waals surface area contributed by atoms with Crippen LogP contribution in [0, 0.1) is 0 Å². The van der Waals surface area contributed by atoms with Gasteiger partial charge >= 0.3 is 5.43 Å². The number of benzene rings is 1. The molecule has 5 heteroatoms. The minimum absolute atomic E-state index is 0.351. The molecular weight excluding hydrogens is 324 g/mol. The molecule has 0 aliphatic heterocycles. The third-order valence-electron chi connectivity index (χ3n) is 3.96. The lowest BCUT2D eigenvalue weighted by Crippen LogP contribution is -2.13. The molecule has 0 atom stereocenters. The molecule has 0 aliphatic rings. The van der Waals surface area contributed by atoms with Crippen LogP contribution in [0.1, 0.15) is 56.4 Å². The summed E-state index contributed by atoms with van der Waals surface area (Å²) in [7, 11) is 3.95. The first kappa shape index (κ1) is 18.7. The molecule has 24 heavy (non-hydrogen) atoms. The Morgan fingerprint density at radius 1 is 1.21 bits per heavy atom. The van der Waals surface area contributed by atoms with Crippen LogP contribution in [0.5, 0.6) is 5.75 Å². The predicted octanol–water partition coefficient (Wildman–Crippen LogP) is 5.28. The Kier molecular flexibility index (Phi) is 5.83. The number of halogens is 1. The second-order valence-electron chi connectivity index (χ2n) is 6.96. The van der Waals surface area contributed by atoms with Crippen molar-refractivity contribution < 1.29 is 9.53 Å². The zero-order valence-electron chi connectivity index (χ0n) is 15.2. The minimum Gasteiger partial charge on any atom is -0.414 e. The molecule has 0 fully saturated rings. The molecule has 2 rings (SSSR count). The van der Waals surface area contributed by atoms with E-state index in [1.54, 1.807) is 6.07 Å². The molecule has 1 heterocycles. The fraction of sp³-hybridized carbons (Fsp3) is 0.474. The third-order valence-corrected chi connectivity index (χ3v) is 4.04. The van der Waals surface area contributed by atoms with Gasteiger partial charge in [0.05, 0.1) is 5.52 Å². The number of hydrogen-bond donors (Lipinski definition) is 0. The third kappa shape index (κ3) is 4.05. The molecule has 1 aromatic heterocycles. The summed E-state index contributed by atoms with van der Waals surface area (Å²) in [6.07, 6.45) is 0. The zero-order chi connectivity index (χ0) is 18.0. The predicted molar refractivity (Wildman–Crippen MR) is 99.2 cm³/mol. The topological polar surface area (TPSA) is 42.4 Å². The SMILES string of the molecule is CC(C)c1cc2c(CN(C)C)c(OC(=O)Cl)ccc2nc1C(C)C. The number of aromatic nitrogens is 1. The van der Waals surface area contributed by atoms with Gasteiger partial charge in [-0.3, -0.25) is 4.98 Å². The Morgan fingerprint density at radius 3 is 2.38 bits per heavy atom. The maximum Gasteiger partial charge on any atom is 0.409 e. The number of hydrogen-bond acceptors (Lipinski definition) is 4. The van der Waals surface area contributed by atoms with Gasteiger partial charge < -0.3 is 9.64 Å². The minimum atomic E-state index is -0.829. The molecule has 0 radical (unpaired) electrons. The van der Waals surface area contributed by atoms with Gasteiger partial charge in [0.1, 0.15) is 5.75 Å². The van der Waals surface area contributed by atoms with E-state index in [0.717, 1.165) is 22.2 Å². The number of nitrogens with zero attached hydrogens (tertiary/aromatic N) is 2. The summed E-state index contributed by atoms with van der Waals surface area (Å²) in [6.45, 7) is 9.29. The Bertz CT molecular complexity index is 755. The highest BCUT2D eigenvalue weighted by molar-refractivity contribution is 6.61. The molecule has 130 valence electrons. The lowest BCUT2D eigenvalue weighted by Gasteiger charge is -2.20. The number of carbonyl (C=O) groups excluding carboxylic acids is 1.